The molecule has 0 unspecified atom stereocenters. The van der Waals surface area contributed by atoms with Crippen LogP contribution in [0.15, 0.2) is 24.3 Å². The zero-order valence-electron chi connectivity index (χ0n) is 11.2. The number of carbonyl (C=O) groups excluding carboxylic acids is 1. The fraction of sp³-hybridized carbons (Fsp3) is 0.562. The molecule has 3 fully saturated rings. The number of ketones is 1. The highest BCUT2D eigenvalue weighted by molar-refractivity contribution is 5.87. The number of methoxy groups -OCH3 is 1. The van der Waals surface area contributed by atoms with Gasteiger partial charge in [-0.25, -0.2) is 0 Å². The van der Waals surface area contributed by atoms with Gasteiger partial charge in [0.25, 0.3) is 0 Å². The fourth-order valence-corrected chi connectivity index (χ4v) is 3.59. The SMILES string of the molecule is COc1ccc(C23CCC(C)(CC2)C(=O)C3)cc1. The van der Waals surface area contributed by atoms with Gasteiger partial charge in [-0.05, 0) is 43.4 Å². The molecule has 0 aliphatic heterocycles. The van der Waals surface area contributed by atoms with E-state index in [4.69, 9.17) is 4.74 Å². The third-order valence-electron chi connectivity index (χ3n) is 5.19. The summed E-state index contributed by atoms with van der Waals surface area (Å²) in [5, 5.41) is 0. The lowest BCUT2D eigenvalue weighted by molar-refractivity contribution is -0.138. The quantitative estimate of drug-likeness (QED) is 0.796. The van der Waals surface area contributed by atoms with Crippen molar-refractivity contribution in [2.24, 2.45) is 5.41 Å². The van der Waals surface area contributed by atoms with E-state index in [1.807, 2.05) is 12.1 Å². The second-order valence-corrected chi connectivity index (χ2v) is 6.17. The summed E-state index contributed by atoms with van der Waals surface area (Å²) in [4.78, 5) is 12.3. The smallest absolute Gasteiger partial charge is 0.139 e. The van der Waals surface area contributed by atoms with E-state index >= 15 is 0 Å². The van der Waals surface area contributed by atoms with E-state index in [2.05, 4.69) is 19.1 Å². The summed E-state index contributed by atoms with van der Waals surface area (Å²) in [5.41, 5.74) is 1.41. The van der Waals surface area contributed by atoms with Crippen LogP contribution >= 0.6 is 0 Å². The third kappa shape index (κ3) is 1.58. The Labute approximate surface area is 108 Å². The summed E-state index contributed by atoms with van der Waals surface area (Å²) in [7, 11) is 1.68. The molecule has 0 radical (unpaired) electrons. The Hall–Kier alpha value is -1.31. The van der Waals surface area contributed by atoms with E-state index in [9.17, 15) is 4.79 Å². The van der Waals surface area contributed by atoms with E-state index in [0.717, 1.165) is 37.9 Å². The Morgan fingerprint density at radius 1 is 1.06 bits per heavy atom. The molecule has 1 aromatic rings. The minimum Gasteiger partial charge on any atom is -0.497 e. The van der Waals surface area contributed by atoms with Crippen LogP contribution in [0.5, 0.6) is 5.75 Å². The molecule has 0 aromatic heterocycles. The molecule has 96 valence electrons. The van der Waals surface area contributed by atoms with Gasteiger partial charge in [0, 0.05) is 17.3 Å². The fourth-order valence-electron chi connectivity index (χ4n) is 3.59. The number of hydrogen-bond donors (Lipinski definition) is 0. The van der Waals surface area contributed by atoms with E-state index in [-0.39, 0.29) is 10.8 Å². The highest BCUT2D eigenvalue weighted by atomic mass is 16.5. The Kier molecular flexibility index (Phi) is 2.51. The molecule has 0 saturated heterocycles. The van der Waals surface area contributed by atoms with Crippen LogP contribution in [-0.2, 0) is 10.2 Å². The van der Waals surface area contributed by atoms with Crippen LogP contribution in [0, 0.1) is 5.41 Å². The Bertz CT molecular complexity index is 464. The minimum atomic E-state index is -0.0196. The summed E-state index contributed by atoms with van der Waals surface area (Å²) < 4.78 is 5.20. The summed E-state index contributed by atoms with van der Waals surface area (Å²) in [6, 6.07) is 8.30. The van der Waals surface area contributed by atoms with Crippen LogP contribution in [0.25, 0.3) is 0 Å². The molecule has 3 aliphatic carbocycles. The maximum atomic E-state index is 12.3. The van der Waals surface area contributed by atoms with Crippen LogP contribution in [0.3, 0.4) is 0 Å². The van der Waals surface area contributed by atoms with E-state index in [1.165, 1.54) is 5.56 Å². The second kappa shape index (κ2) is 3.84. The van der Waals surface area contributed by atoms with Crippen molar-refractivity contribution in [3.05, 3.63) is 29.8 Å². The van der Waals surface area contributed by atoms with Crippen LogP contribution in [0.1, 0.15) is 44.6 Å². The number of ether oxygens (including phenoxy) is 1. The van der Waals surface area contributed by atoms with Gasteiger partial charge in [-0.1, -0.05) is 19.1 Å². The standard InChI is InChI=1S/C16H20O2/c1-15-7-9-16(10-8-15,11-14(15)17)12-3-5-13(18-2)6-4-12/h3-6H,7-11H2,1-2H3. The number of carbonyl (C=O) groups is 1. The number of Topliss-reactive ketones (excluding diaryl/α,β-unsaturated/α-hetero) is 1. The van der Waals surface area contributed by atoms with Crippen molar-refractivity contribution in [1.82, 2.24) is 0 Å². The molecule has 2 nitrogen and oxygen atoms in total. The van der Waals surface area contributed by atoms with Crippen LogP contribution in [0.4, 0.5) is 0 Å². The summed E-state index contributed by atoms with van der Waals surface area (Å²) in [6.07, 6.45) is 5.15. The third-order valence-corrected chi connectivity index (χ3v) is 5.19. The molecule has 18 heavy (non-hydrogen) atoms. The van der Waals surface area contributed by atoms with Gasteiger partial charge in [-0.15, -0.1) is 0 Å². The topological polar surface area (TPSA) is 26.3 Å². The van der Waals surface area contributed by atoms with Crippen molar-refractivity contribution in [3.63, 3.8) is 0 Å². The second-order valence-electron chi connectivity index (χ2n) is 6.17. The zero-order valence-corrected chi connectivity index (χ0v) is 11.2. The van der Waals surface area contributed by atoms with Crippen molar-refractivity contribution < 1.29 is 9.53 Å². The molecule has 0 amide bonds. The molecule has 0 atom stereocenters. The Morgan fingerprint density at radius 2 is 1.67 bits per heavy atom. The first kappa shape index (κ1) is 11.8. The summed E-state index contributed by atoms with van der Waals surface area (Å²) in [6.45, 7) is 2.15. The lowest BCUT2D eigenvalue weighted by Gasteiger charge is -2.51. The molecule has 4 rings (SSSR count). The molecule has 2 heteroatoms. The van der Waals surface area contributed by atoms with Gasteiger partial charge in [0.2, 0.25) is 0 Å². The van der Waals surface area contributed by atoms with Gasteiger partial charge in [0.05, 0.1) is 7.11 Å². The molecule has 3 aliphatic rings. The van der Waals surface area contributed by atoms with Crippen LogP contribution in [-0.4, -0.2) is 12.9 Å². The predicted molar refractivity (Wildman–Crippen MR) is 70.9 cm³/mol. The molecular weight excluding hydrogens is 224 g/mol. The van der Waals surface area contributed by atoms with E-state index in [0.29, 0.717) is 5.78 Å². The summed E-state index contributed by atoms with van der Waals surface area (Å²) >= 11 is 0. The van der Waals surface area contributed by atoms with Crippen molar-refractivity contribution >= 4 is 5.78 Å². The maximum absolute atomic E-state index is 12.3. The van der Waals surface area contributed by atoms with Crippen molar-refractivity contribution in [3.8, 4) is 5.75 Å². The first-order valence-corrected chi connectivity index (χ1v) is 6.76. The summed E-state index contributed by atoms with van der Waals surface area (Å²) in [5.74, 6) is 1.36. The van der Waals surface area contributed by atoms with Gasteiger partial charge in [-0.2, -0.15) is 0 Å². The normalized spacial score (nSPS) is 34.7. The molecule has 0 N–H and O–H groups in total. The van der Waals surface area contributed by atoms with E-state index < -0.39 is 0 Å². The highest BCUT2D eigenvalue weighted by Gasteiger charge is 2.52. The molecule has 2 bridgehead atoms. The molecule has 3 saturated carbocycles. The van der Waals surface area contributed by atoms with Crippen molar-refractivity contribution in [2.75, 3.05) is 7.11 Å². The van der Waals surface area contributed by atoms with Crippen molar-refractivity contribution in [1.29, 1.82) is 0 Å². The lowest BCUT2D eigenvalue weighted by atomic mass is 9.52. The van der Waals surface area contributed by atoms with Crippen LogP contribution in [0.2, 0.25) is 0 Å². The Balaban J connectivity index is 1.93. The molecule has 0 heterocycles. The minimum absolute atomic E-state index is 0.0196. The number of hydrogen-bond acceptors (Lipinski definition) is 2. The molecule has 0 spiro atoms. The lowest BCUT2D eigenvalue weighted by Crippen LogP contribution is -2.49. The molecule has 1 aromatic carbocycles. The van der Waals surface area contributed by atoms with E-state index in [1.54, 1.807) is 7.11 Å². The first-order valence-electron chi connectivity index (χ1n) is 6.76. The van der Waals surface area contributed by atoms with Crippen LogP contribution < -0.4 is 4.74 Å². The average Bonchev–Trinajstić information content (AvgIpc) is 2.41. The number of rotatable bonds is 2. The largest absolute Gasteiger partial charge is 0.497 e. The van der Waals surface area contributed by atoms with Gasteiger partial charge in [-0.3, -0.25) is 4.79 Å². The van der Waals surface area contributed by atoms with Crippen molar-refractivity contribution in [2.45, 2.75) is 44.4 Å². The monoisotopic (exact) mass is 244 g/mol. The van der Waals surface area contributed by atoms with Gasteiger partial charge in [0.1, 0.15) is 11.5 Å². The molecular formula is C16H20O2. The predicted octanol–water partition coefficient (Wildman–Crippen LogP) is 3.49. The van der Waals surface area contributed by atoms with Gasteiger partial charge in [0.15, 0.2) is 0 Å². The maximum Gasteiger partial charge on any atom is 0.139 e. The first-order chi connectivity index (χ1) is 8.58. The van der Waals surface area contributed by atoms with Gasteiger partial charge < -0.3 is 4.74 Å². The number of benzene rings is 1. The highest BCUT2D eigenvalue weighted by Crippen LogP contribution is 2.55. The zero-order chi connectivity index (χ0) is 12.8. The Morgan fingerprint density at radius 3 is 2.17 bits per heavy atom. The average molecular weight is 244 g/mol. The van der Waals surface area contributed by atoms with Gasteiger partial charge >= 0.3 is 0 Å². The number of fused-ring (bicyclic) bond motifs is 3.